The molecule has 2 aliphatic rings. The van der Waals surface area contributed by atoms with Crippen molar-refractivity contribution in [3.05, 3.63) is 0 Å². The molecule has 1 N–H and O–H groups in total. The van der Waals surface area contributed by atoms with E-state index in [1.54, 1.807) is 0 Å². The minimum Gasteiger partial charge on any atom is -0.315 e. The van der Waals surface area contributed by atoms with E-state index in [1.165, 1.54) is 38.9 Å². The van der Waals surface area contributed by atoms with Crippen LogP contribution in [-0.4, -0.2) is 37.6 Å². The largest absolute Gasteiger partial charge is 0.315 e. The third-order valence-corrected chi connectivity index (χ3v) is 3.13. The first-order valence-corrected chi connectivity index (χ1v) is 4.77. The SMILES string of the molecule is CN1C[C@@H]2CCC[C@@H]1CNC2.Cl.Cl. The van der Waals surface area contributed by atoms with Gasteiger partial charge in [-0.1, -0.05) is 6.42 Å². The van der Waals surface area contributed by atoms with Crippen LogP contribution in [0.2, 0.25) is 0 Å². The van der Waals surface area contributed by atoms with E-state index in [1.807, 2.05) is 0 Å². The zero-order valence-electron chi connectivity index (χ0n) is 8.16. The maximum atomic E-state index is 3.54. The molecule has 2 fully saturated rings. The van der Waals surface area contributed by atoms with Gasteiger partial charge in [-0.2, -0.15) is 0 Å². The van der Waals surface area contributed by atoms with Crippen LogP contribution in [0.5, 0.6) is 0 Å². The Labute approximate surface area is 93.3 Å². The van der Waals surface area contributed by atoms with Crippen LogP contribution >= 0.6 is 24.8 Å². The lowest BCUT2D eigenvalue weighted by atomic mass is 10.0. The molecule has 2 nitrogen and oxygen atoms in total. The summed E-state index contributed by atoms with van der Waals surface area (Å²) in [7, 11) is 2.27. The number of likely N-dealkylation sites (N-methyl/N-ethyl adjacent to an activating group) is 1. The summed E-state index contributed by atoms with van der Waals surface area (Å²) in [5.41, 5.74) is 0. The number of rotatable bonds is 0. The standard InChI is InChI=1S/C9H18N2.2ClH/c1-11-7-8-3-2-4-9(11)6-10-5-8;;/h8-10H,2-7H2,1H3;2*1H/t8-,9-;;/m1../s1. The van der Waals surface area contributed by atoms with Crippen molar-refractivity contribution < 1.29 is 0 Å². The molecule has 0 saturated carbocycles. The van der Waals surface area contributed by atoms with Crippen LogP contribution in [0.15, 0.2) is 0 Å². The second-order valence-corrected chi connectivity index (χ2v) is 4.05. The van der Waals surface area contributed by atoms with Crippen molar-refractivity contribution in [1.82, 2.24) is 10.2 Å². The molecule has 0 unspecified atom stereocenters. The van der Waals surface area contributed by atoms with Gasteiger partial charge in [0, 0.05) is 19.1 Å². The summed E-state index contributed by atoms with van der Waals surface area (Å²) in [6.45, 7) is 3.78. The topological polar surface area (TPSA) is 15.3 Å². The zero-order valence-corrected chi connectivity index (χ0v) is 9.79. The van der Waals surface area contributed by atoms with E-state index in [4.69, 9.17) is 0 Å². The molecule has 0 spiro atoms. The van der Waals surface area contributed by atoms with Crippen LogP contribution in [0, 0.1) is 5.92 Å². The van der Waals surface area contributed by atoms with Crippen LogP contribution in [0.4, 0.5) is 0 Å². The van der Waals surface area contributed by atoms with E-state index < -0.39 is 0 Å². The first-order valence-electron chi connectivity index (χ1n) is 4.77. The molecule has 2 atom stereocenters. The van der Waals surface area contributed by atoms with E-state index in [0.29, 0.717) is 0 Å². The average molecular weight is 227 g/mol. The van der Waals surface area contributed by atoms with Crippen LogP contribution in [0.1, 0.15) is 19.3 Å². The average Bonchev–Trinajstić information content (AvgIpc) is 2.16. The lowest BCUT2D eigenvalue weighted by Gasteiger charge is -2.23. The van der Waals surface area contributed by atoms with Crippen molar-refractivity contribution in [1.29, 1.82) is 0 Å². The normalized spacial score (nSPS) is 33.9. The molecule has 0 aromatic heterocycles. The minimum absolute atomic E-state index is 0. The fourth-order valence-electron chi connectivity index (χ4n) is 2.39. The Balaban J connectivity index is 0.000000720. The molecule has 0 aliphatic carbocycles. The molecule has 2 bridgehead atoms. The summed E-state index contributed by atoms with van der Waals surface area (Å²) >= 11 is 0. The van der Waals surface area contributed by atoms with Crippen molar-refractivity contribution in [2.24, 2.45) is 5.92 Å². The maximum Gasteiger partial charge on any atom is 0.0217 e. The first-order chi connectivity index (χ1) is 5.36. The van der Waals surface area contributed by atoms with Crippen LogP contribution in [-0.2, 0) is 0 Å². The summed E-state index contributed by atoms with van der Waals surface area (Å²) in [5.74, 6) is 0.924. The Kier molecular flexibility index (Phi) is 6.31. The quantitative estimate of drug-likeness (QED) is 0.675. The van der Waals surface area contributed by atoms with E-state index in [-0.39, 0.29) is 24.8 Å². The number of hydrogen-bond donors (Lipinski definition) is 1. The predicted octanol–water partition coefficient (Wildman–Crippen LogP) is 1.53. The Bertz CT molecular complexity index is 134. The molecular formula is C9H20Cl2N2. The van der Waals surface area contributed by atoms with E-state index in [9.17, 15) is 0 Å². The minimum atomic E-state index is 0. The molecular weight excluding hydrogens is 207 g/mol. The van der Waals surface area contributed by atoms with Gasteiger partial charge in [0.2, 0.25) is 0 Å². The van der Waals surface area contributed by atoms with Gasteiger partial charge in [0.1, 0.15) is 0 Å². The summed E-state index contributed by atoms with van der Waals surface area (Å²) in [6.07, 6.45) is 4.29. The molecule has 2 rings (SSSR count). The highest BCUT2D eigenvalue weighted by molar-refractivity contribution is 5.85. The monoisotopic (exact) mass is 226 g/mol. The Hall–Kier alpha value is 0.500. The van der Waals surface area contributed by atoms with Gasteiger partial charge < -0.3 is 10.2 Å². The number of nitrogens with zero attached hydrogens (tertiary/aromatic N) is 1. The van der Waals surface area contributed by atoms with Crippen molar-refractivity contribution in [3.8, 4) is 0 Å². The van der Waals surface area contributed by atoms with Crippen LogP contribution < -0.4 is 5.32 Å². The van der Waals surface area contributed by atoms with Gasteiger partial charge >= 0.3 is 0 Å². The Morgan fingerprint density at radius 2 is 1.92 bits per heavy atom. The maximum absolute atomic E-state index is 3.54. The number of halogens is 2. The smallest absolute Gasteiger partial charge is 0.0217 e. The fraction of sp³-hybridized carbons (Fsp3) is 1.00. The highest BCUT2D eigenvalue weighted by Crippen LogP contribution is 2.21. The van der Waals surface area contributed by atoms with Gasteiger partial charge in [0.05, 0.1) is 0 Å². The zero-order chi connectivity index (χ0) is 7.68. The van der Waals surface area contributed by atoms with E-state index in [2.05, 4.69) is 17.3 Å². The second-order valence-electron chi connectivity index (χ2n) is 4.05. The summed E-state index contributed by atoms with van der Waals surface area (Å²) in [5, 5.41) is 3.54. The van der Waals surface area contributed by atoms with Gasteiger partial charge in [0.15, 0.2) is 0 Å². The molecule has 0 amide bonds. The Morgan fingerprint density at radius 1 is 1.15 bits per heavy atom. The number of nitrogens with one attached hydrogen (secondary N) is 1. The molecule has 0 aromatic carbocycles. The summed E-state index contributed by atoms with van der Waals surface area (Å²) in [4.78, 5) is 2.54. The van der Waals surface area contributed by atoms with Gasteiger partial charge in [-0.25, -0.2) is 0 Å². The molecule has 0 aromatic rings. The molecule has 0 radical (unpaired) electrons. The van der Waals surface area contributed by atoms with Crippen molar-refractivity contribution >= 4 is 24.8 Å². The van der Waals surface area contributed by atoms with Crippen LogP contribution in [0.3, 0.4) is 0 Å². The van der Waals surface area contributed by atoms with E-state index in [0.717, 1.165) is 12.0 Å². The van der Waals surface area contributed by atoms with Crippen molar-refractivity contribution in [3.63, 3.8) is 0 Å². The van der Waals surface area contributed by atoms with Gasteiger partial charge in [-0.3, -0.25) is 0 Å². The third kappa shape index (κ3) is 3.28. The Morgan fingerprint density at radius 3 is 2.69 bits per heavy atom. The van der Waals surface area contributed by atoms with Crippen LogP contribution in [0.25, 0.3) is 0 Å². The summed E-state index contributed by atoms with van der Waals surface area (Å²) in [6, 6.07) is 0.822. The third-order valence-electron chi connectivity index (χ3n) is 3.13. The highest BCUT2D eigenvalue weighted by atomic mass is 35.5. The fourth-order valence-corrected chi connectivity index (χ4v) is 2.39. The highest BCUT2D eigenvalue weighted by Gasteiger charge is 2.25. The lowest BCUT2D eigenvalue weighted by Crippen LogP contribution is -2.36. The molecule has 2 aliphatic heterocycles. The van der Waals surface area contributed by atoms with Gasteiger partial charge in [-0.05, 0) is 32.4 Å². The van der Waals surface area contributed by atoms with Crippen molar-refractivity contribution in [2.45, 2.75) is 25.3 Å². The molecule has 13 heavy (non-hydrogen) atoms. The summed E-state index contributed by atoms with van der Waals surface area (Å²) < 4.78 is 0. The molecule has 2 heterocycles. The lowest BCUT2D eigenvalue weighted by molar-refractivity contribution is 0.247. The van der Waals surface area contributed by atoms with Gasteiger partial charge in [-0.15, -0.1) is 24.8 Å². The van der Waals surface area contributed by atoms with Gasteiger partial charge in [0.25, 0.3) is 0 Å². The number of fused-ring (bicyclic) bond motifs is 3. The molecule has 4 heteroatoms. The molecule has 2 saturated heterocycles. The van der Waals surface area contributed by atoms with Crippen molar-refractivity contribution in [2.75, 3.05) is 26.7 Å². The second kappa shape index (κ2) is 6.07. The molecule has 80 valence electrons. The number of hydrogen-bond acceptors (Lipinski definition) is 2. The predicted molar refractivity (Wildman–Crippen MR) is 61.1 cm³/mol. The first kappa shape index (κ1) is 13.5. The van der Waals surface area contributed by atoms with E-state index >= 15 is 0 Å².